The van der Waals surface area contributed by atoms with Crippen LogP contribution in [0.1, 0.15) is 62.6 Å². The van der Waals surface area contributed by atoms with E-state index < -0.39 is 0 Å². The van der Waals surface area contributed by atoms with Crippen LogP contribution in [-0.4, -0.2) is 32.3 Å². The van der Waals surface area contributed by atoms with E-state index in [2.05, 4.69) is 82.8 Å². The summed E-state index contributed by atoms with van der Waals surface area (Å²) < 4.78 is 5.49. The summed E-state index contributed by atoms with van der Waals surface area (Å²) >= 11 is 1.79. The van der Waals surface area contributed by atoms with Crippen molar-refractivity contribution in [3.8, 4) is 12.3 Å². The van der Waals surface area contributed by atoms with Gasteiger partial charge in [-0.1, -0.05) is 56.2 Å². The highest BCUT2D eigenvalue weighted by atomic mass is 32.2. The number of fused-ring (bicyclic) bond motifs is 2. The van der Waals surface area contributed by atoms with Crippen molar-refractivity contribution in [3.05, 3.63) is 94.6 Å². The molecule has 1 fully saturated rings. The number of nitrogens with one attached hydrogen (secondary N) is 1. The molecule has 1 atom stereocenters. The zero-order chi connectivity index (χ0) is 27.4. The van der Waals surface area contributed by atoms with E-state index in [4.69, 9.17) is 6.42 Å². The molecule has 1 aromatic heterocycles. The van der Waals surface area contributed by atoms with Crippen LogP contribution in [0.3, 0.4) is 0 Å². The number of aromatic nitrogens is 2. The Hall–Kier alpha value is -3.69. The van der Waals surface area contributed by atoms with Gasteiger partial charge in [0.05, 0.1) is 23.3 Å². The van der Waals surface area contributed by atoms with E-state index >= 15 is 0 Å². The fourth-order valence-electron chi connectivity index (χ4n) is 5.60. The average Bonchev–Trinajstić information content (AvgIpc) is 3.52. The highest BCUT2D eigenvalue weighted by molar-refractivity contribution is 7.97. The van der Waals surface area contributed by atoms with Gasteiger partial charge in [-0.25, -0.2) is 4.99 Å². The molecule has 0 spiro atoms. The molecule has 0 aliphatic carbocycles. The van der Waals surface area contributed by atoms with Gasteiger partial charge in [-0.2, -0.15) is 5.10 Å². The molecule has 0 amide bonds. The molecule has 39 heavy (non-hydrogen) atoms. The first-order valence-electron chi connectivity index (χ1n) is 13.8. The lowest BCUT2D eigenvalue weighted by Gasteiger charge is -2.33. The third kappa shape index (κ3) is 5.55. The summed E-state index contributed by atoms with van der Waals surface area (Å²) in [5, 5.41) is 5.39. The molecule has 1 unspecified atom stereocenters. The van der Waals surface area contributed by atoms with Crippen LogP contribution in [0.5, 0.6) is 0 Å². The van der Waals surface area contributed by atoms with Crippen LogP contribution in [0.4, 0.5) is 0 Å². The van der Waals surface area contributed by atoms with E-state index in [0.717, 1.165) is 54.4 Å². The summed E-state index contributed by atoms with van der Waals surface area (Å²) in [6.45, 7) is 6.68. The number of hydrogen-bond donors (Lipinski definition) is 1. The molecule has 2 aromatic carbocycles. The van der Waals surface area contributed by atoms with Crippen LogP contribution in [-0.2, 0) is 7.05 Å². The first-order valence-corrected chi connectivity index (χ1v) is 14.8. The molecule has 0 radical (unpaired) electrons. The van der Waals surface area contributed by atoms with Crippen molar-refractivity contribution < 1.29 is 0 Å². The van der Waals surface area contributed by atoms with Crippen molar-refractivity contribution in [1.82, 2.24) is 19.4 Å². The Morgan fingerprint density at radius 3 is 2.74 bits per heavy atom. The summed E-state index contributed by atoms with van der Waals surface area (Å²) in [5.41, 5.74) is 11.0. The highest BCUT2D eigenvalue weighted by Gasteiger charge is 2.37. The van der Waals surface area contributed by atoms with Gasteiger partial charge >= 0.3 is 0 Å². The third-order valence-corrected chi connectivity index (χ3v) is 8.43. The van der Waals surface area contributed by atoms with E-state index in [1.807, 2.05) is 36.3 Å². The number of rotatable bonds is 8. The second kappa shape index (κ2) is 12.0. The zero-order valence-corrected chi connectivity index (χ0v) is 24.2. The summed E-state index contributed by atoms with van der Waals surface area (Å²) in [7, 11) is 1.94. The fourth-order valence-corrected chi connectivity index (χ4v) is 6.56. The SMILES string of the molecule is C#CC(=N/C=C\CC1C/C(=C(/CCC)c2ccc(C)cc2)C2=C(CC)NSCN21)c1ccc2c(cnn2C)c1. The van der Waals surface area contributed by atoms with E-state index in [-0.39, 0.29) is 0 Å². The third-order valence-electron chi connectivity index (χ3n) is 7.63. The number of benzene rings is 2. The van der Waals surface area contributed by atoms with Gasteiger partial charge in [-0.15, -0.1) is 6.42 Å². The first kappa shape index (κ1) is 26.9. The first-order chi connectivity index (χ1) is 19.0. The Balaban J connectivity index is 1.42. The maximum atomic E-state index is 5.86. The van der Waals surface area contributed by atoms with Crippen molar-refractivity contribution in [1.29, 1.82) is 0 Å². The van der Waals surface area contributed by atoms with Crippen molar-refractivity contribution in [3.63, 3.8) is 0 Å². The monoisotopic (exact) mass is 535 g/mol. The van der Waals surface area contributed by atoms with Gasteiger partial charge in [0.2, 0.25) is 0 Å². The Morgan fingerprint density at radius 2 is 2.00 bits per heavy atom. The standard InChI is InChI=1S/C33H37N5S/c1-6-10-28(24-14-12-23(4)13-15-24)29-20-27(38-22-39-36-31(8-3)33(29)38)11-9-18-34-30(7-2)25-16-17-32-26(19-25)21-35-37(32)5/h2,9,12-19,21,27,36H,6,8,10-11,20,22H2,1,3-5H3/b18-9-,29-28+,34-30?. The topological polar surface area (TPSA) is 45.5 Å². The normalized spacial score (nSPS) is 19.0. The lowest BCUT2D eigenvalue weighted by atomic mass is 9.91. The van der Waals surface area contributed by atoms with Crippen LogP contribution in [0.2, 0.25) is 0 Å². The number of nitrogens with zero attached hydrogens (tertiary/aromatic N) is 4. The Bertz CT molecular complexity index is 1510. The largest absolute Gasteiger partial charge is 0.355 e. The number of allylic oxidation sites excluding steroid dienone is 3. The van der Waals surface area contributed by atoms with E-state index in [1.54, 1.807) is 11.9 Å². The molecule has 6 heteroatoms. The van der Waals surface area contributed by atoms with Crippen molar-refractivity contribution in [2.75, 3.05) is 5.88 Å². The van der Waals surface area contributed by atoms with Gasteiger partial charge in [-0.05, 0) is 85.4 Å². The Kier molecular flexibility index (Phi) is 8.28. The van der Waals surface area contributed by atoms with Gasteiger partial charge in [0.1, 0.15) is 5.71 Å². The van der Waals surface area contributed by atoms with Crippen molar-refractivity contribution in [2.45, 2.75) is 58.9 Å². The van der Waals surface area contributed by atoms with Crippen LogP contribution < -0.4 is 4.72 Å². The van der Waals surface area contributed by atoms with Gasteiger partial charge in [0.15, 0.2) is 0 Å². The molecule has 200 valence electrons. The maximum absolute atomic E-state index is 5.86. The molecule has 5 rings (SSSR count). The molecule has 1 N–H and O–H groups in total. The molecule has 2 aliphatic rings. The predicted molar refractivity (Wildman–Crippen MR) is 166 cm³/mol. The van der Waals surface area contributed by atoms with Gasteiger partial charge < -0.3 is 9.62 Å². The molecule has 0 saturated carbocycles. The van der Waals surface area contributed by atoms with Gasteiger partial charge in [0, 0.05) is 35.9 Å². The summed E-state index contributed by atoms with van der Waals surface area (Å²) in [4.78, 5) is 7.28. The maximum Gasteiger partial charge on any atom is 0.120 e. The molecule has 3 aromatic rings. The number of aliphatic imine (C=N–C) groups is 1. The smallest absolute Gasteiger partial charge is 0.120 e. The minimum Gasteiger partial charge on any atom is -0.355 e. The predicted octanol–water partition coefficient (Wildman–Crippen LogP) is 7.37. The second-order valence-corrected chi connectivity index (χ2v) is 11.0. The van der Waals surface area contributed by atoms with Gasteiger partial charge in [0.25, 0.3) is 0 Å². The van der Waals surface area contributed by atoms with Crippen molar-refractivity contribution >= 4 is 34.1 Å². The quantitative estimate of drug-likeness (QED) is 0.186. The summed E-state index contributed by atoms with van der Waals surface area (Å²) in [6.07, 6.45) is 16.9. The molecule has 5 nitrogen and oxygen atoms in total. The van der Waals surface area contributed by atoms with E-state index in [9.17, 15) is 0 Å². The average molecular weight is 536 g/mol. The van der Waals surface area contributed by atoms with E-state index in [0.29, 0.717) is 11.8 Å². The molecular weight excluding hydrogens is 498 g/mol. The number of hydrogen-bond acceptors (Lipinski definition) is 5. The summed E-state index contributed by atoms with van der Waals surface area (Å²) in [5.74, 6) is 3.71. The number of terminal acetylenes is 1. The minimum atomic E-state index is 0.399. The Labute approximate surface area is 236 Å². The molecule has 1 saturated heterocycles. The zero-order valence-electron chi connectivity index (χ0n) is 23.4. The van der Waals surface area contributed by atoms with Gasteiger partial charge in [-0.3, -0.25) is 4.68 Å². The summed E-state index contributed by atoms with van der Waals surface area (Å²) in [6, 6.07) is 15.6. The molecule has 3 heterocycles. The fraction of sp³-hybridized carbons (Fsp3) is 0.333. The lowest BCUT2D eigenvalue weighted by molar-refractivity contribution is 0.333. The van der Waals surface area contributed by atoms with Crippen LogP contribution in [0.15, 0.2) is 82.9 Å². The van der Waals surface area contributed by atoms with Crippen LogP contribution in [0, 0.1) is 19.3 Å². The Morgan fingerprint density at radius 1 is 1.21 bits per heavy atom. The molecule has 0 bridgehead atoms. The second-order valence-electron chi connectivity index (χ2n) is 10.2. The minimum absolute atomic E-state index is 0.399. The van der Waals surface area contributed by atoms with Crippen LogP contribution in [0.25, 0.3) is 16.5 Å². The highest BCUT2D eigenvalue weighted by Crippen LogP contribution is 2.44. The van der Waals surface area contributed by atoms with Crippen LogP contribution >= 0.6 is 11.9 Å². The molecule has 2 aliphatic heterocycles. The lowest BCUT2D eigenvalue weighted by Crippen LogP contribution is -2.34. The molecular formula is C33H37N5S. The van der Waals surface area contributed by atoms with E-state index in [1.165, 1.54) is 33.7 Å². The number of aryl methyl sites for hydroxylation is 2. The van der Waals surface area contributed by atoms with Crippen molar-refractivity contribution in [2.24, 2.45) is 12.0 Å².